The van der Waals surface area contributed by atoms with Gasteiger partial charge in [0.25, 0.3) is 0 Å². The fourth-order valence-electron chi connectivity index (χ4n) is 1.95. The third kappa shape index (κ3) is 4.92. The van der Waals surface area contributed by atoms with Gasteiger partial charge in [0.1, 0.15) is 5.82 Å². The first kappa shape index (κ1) is 17.8. The normalized spacial score (nSPS) is 13.1. The van der Waals surface area contributed by atoms with E-state index in [1.807, 2.05) is 46.8 Å². The maximum atomic E-state index is 14.2. The molecule has 0 aromatic heterocycles. The topological polar surface area (TPSA) is 24.7 Å². The van der Waals surface area contributed by atoms with Crippen molar-refractivity contribution in [2.75, 3.05) is 0 Å². The highest BCUT2D eigenvalue weighted by Gasteiger charge is 2.13. The van der Waals surface area contributed by atoms with E-state index in [-0.39, 0.29) is 5.82 Å². The van der Waals surface area contributed by atoms with Crippen molar-refractivity contribution in [3.63, 3.8) is 0 Å². The Morgan fingerprint density at radius 3 is 2.23 bits per heavy atom. The number of benzene rings is 1. The van der Waals surface area contributed by atoms with Gasteiger partial charge in [0.15, 0.2) is 0 Å². The predicted molar refractivity (Wildman–Crippen MR) is 94.8 cm³/mol. The maximum absolute atomic E-state index is 14.2. The van der Waals surface area contributed by atoms with E-state index < -0.39 is 0 Å². The van der Waals surface area contributed by atoms with Crippen molar-refractivity contribution >= 4 is 17.1 Å². The van der Waals surface area contributed by atoms with Crippen molar-refractivity contribution in [2.24, 2.45) is 9.98 Å². The van der Waals surface area contributed by atoms with Crippen LogP contribution in [0.15, 0.2) is 64.3 Å². The Kier molecular flexibility index (Phi) is 6.64. The Labute approximate surface area is 132 Å². The van der Waals surface area contributed by atoms with Crippen molar-refractivity contribution in [1.82, 2.24) is 0 Å². The lowest BCUT2D eigenvalue weighted by atomic mass is 10.0. The van der Waals surface area contributed by atoms with E-state index in [0.29, 0.717) is 17.0 Å². The SMILES string of the molecule is C=C(C)N=C(/C=C\C)/C(C)=C(/N=C(C)C)c1ccccc1F. The molecule has 0 saturated carbocycles. The highest BCUT2D eigenvalue weighted by atomic mass is 19.1. The van der Waals surface area contributed by atoms with E-state index >= 15 is 0 Å². The van der Waals surface area contributed by atoms with E-state index in [2.05, 4.69) is 16.6 Å². The zero-order valence-electron chi connectivity index (χ0n) is 13.9. The fourth-order valence-corrected chi connectivity index (χ4v) is 1.95. The summed E-state index contributed by atoms with van der Waals surface area (Å²) >= 11 is 0. The van der Waals surface area contributed by atoms with Crippen molar-refractivity contribution in [1.29, 1.82) is 0 Å². The Bertz CT molecular complexity index is 672. The number of nitrogens with zero attached hydrogens (tertiary/aromatic N) is 2. The average molecular weight is 298 g/mol. The predicted octanol–water partition coefficient (Wildman–Crippen LogP) is 5.59. The summed E-state index contributed by atoms with van der Waals surface area (Å²) in [5, 5.41) is 0. The largest absolute Gasteiger partial charge is 0.257 e. The average Bonchev–Trinajstić information content (AvgIpc) is 2.44. The summed E-state index contributed by atoms with van der Waals surface area (Å²) < 4.78 is 14.2. The molecule has 3 heteroatoms. The quantitative estimate of drug-likeness (QED) is 0.633. The van der Waals surface area contributed by atoms with Crippen LogP contribution in [0.5, 0.6) is 0 Å². The van der Waals surface area contributed by atoms with Crippen LogP contribution in [0.1, 0.15) is 40.2 Å². The molecule has 116 valence electrons. The molecule has 0 N–H and O–H groups in total. The van der Waals surface area contributed by atoms with Crippen LogP contribution in [0.2, 0.25) is 0 Å². The molecule has 0 aliphatic carbocycles. The summed E-state index contributed by atoms with van der Waals surface area (Å²) in [6, 6.07) is 6.64. The molecule has 1 aromatic carbocycles. The molecular weight excluding hydrogens is 275 g/mol. The molecule has 0 saturated heterocycles. The molecule has 1 aromatic rings. The van der Waals surface area contributed by atoms with E-state index in [1.54, 1.807) is 18.2 Å². The van der Waals surface area contributed by atoms with E-state index in [4.69, 9.17) is 0 Å². The van der Waals surface area contributed by atoms with Gasteiger partial charge in [0, 0.05) is 22.5 Å². The van der Waals surface area contributed by atoms with Gasteiger partial charge in [-0.1, -0.05) is 24.8 Å². The van der Waals surface area contributed by atoms with Crippen molar-refractivity contribution in [2.45, 2.75) is 34.6 Å². The van der Waals surface area contributed by atoms with Crippen molar-refractivity contribution in [3.8, 4) is 0 Å². The first-order chi connectivity index (χ1) is 10.4. The number of allylic oxidation sites excluding steroid dienone is 4. The number of rotatable bonds is 5. The molecule has 0 atom stereocenters. The molecule has 2 nitrogen and oxygen atoms in total. The molecule has 22 heavy (non-hydrogen) atoms. The molecular formula is C19H23FN2. The van der Waals surface area contributed by atoms with Gasteiger partial charge in [-0.2, -0.15) is 0 Å². The minimum atomic E-state index is -0.294. The molecule has 0 aliphatic heterocycles. The second kappa shape index (κ2) is 8.23. The zero-order chi connectivity index (χ0) is 16.7. The van der Waals surface area contributed by atoms with Crippen molar-refractivity contribution < 1.29 is 4.39 Å². The van der Waals surface area contributed by atoms with Crippen LogP contribution in [0.25, 0.3) is 5.70 Å². The van der Waals surface area contributed by atoms with Crippen LogP contribution in [-0.2, 0) is 0 Å². The van der Waals surface area contributed by atoms with Gasteiger partial charge in [-0.25, -0.2) is 4.39 Å². The molecule has 0 bridgehead atoms. The summed E-state index contributed by atoms with van der Waals surface area (Å²) in [5.74, 6) is -0.294. The third-order valence-electron chi connectivity index (χ3n) is 2.84. The summed E-state index contributed by atoms with van der Waals surface area (Å²) in [6.07, 6.45) is 3.78. The summed E-state index contributed by atoms with van der Waals surface area (Å²) in [4.78, 5) is 8.97. The van der Waals surface area contributed by atoms with Crippen LogP contribution in [0, 0.1) is 5.82 Å². The lowest BCUT2D eigenvalue weighted by Gasteiger charge is -2.11. The van der Waals surface area contributed by atoms with Crippen LogP contribution < -0.4 is 0 Å². The van der Waals surface area contributed by atoms with Crippen LogP contribution in [0.3, 0.4) is 0 Å². The molecule has 0 spiro atoms. The molecule has 0 radical (unpaired) electrons. The minimum Gasteiger partial charge on any atom is -0.257 e. The van der Waals surface area contributed by atoms with Gasteiger partial charge in [0.2, 0.25) is 0 Å². The molecule has 1 rings (SSSR count). The van der Waals surface area contributed by atoms with E-state index in [0.717, 1.165) is 17.0 Å². The minimum absolute atomic E-state index is 0.294. The van der Waals surface area contributed by atoms with Gasteiger partial charge < -0.3 is 0 Å². The second-order valence-corrected chi connectivity index (χ2v) is 5.24. The standard InChI is InChI=1S/C19H23FN2/c1-7-10-18(21-13(2)3)15(6)19(22-14(4)5)16-11-8-9-12-17(16)20/h7-12H,2H2,1,3-6H3/b10-7-,19-15+,21-18?. The summed E-state index contributed by atoms with van der Waals surface area (Å²) in [5.41, 5.74) is 4.16. The van der Waals surface area contributed by atoms with Crippen molar-refractivity contribution in [3.05, 3.63) is 65.6 Å². The zero-order valence-corrected chi connectivity index (χ0v) is 13.9. The highest BCUT2D eigenvalue weighted by molar-refractivity contribution is 6.13. The first-order valence-corrected chi connectivity index (χ1v) is 7.21. The van der Waals surface area contributed by atoms with Crippen LogP contribution >= 0.6 is 0 Å². The van der Waals surface area contributed by atoms with E-state index in [1.165, 1.54) is 6.07 Å². The Morgan fingerprint density at radius 1 is 1.09 bits per heavy atom. The Morgan fingerprint density at radius 2 is 1.73 bits per heavy atom. The van der Waals surface area contributed by atoms with E-state index in [9.17, 15) is 4.39 Å². The number of hydrogen-bond donors (Lipinski definition) is 0. The molecule has 0 unspecified atom stereocenters. The molecule has 0 fully saturated rings. The second-order valence-electron chi connectivity index (χ2n) is 5.24. The van der Waals surface area contributed by atoms with Gasteiger partial charge >= 0.3 is 0 Å². The van der Waals surface area contributed by atoms with Crippen LogP contribution in [0.4, 0.5) is 4.39 Å². The summed E-state index contributed by atoms with van der Waals surface area (Å²) in [6.45, 7) is 13.2. The molecule has 0 aliphatic rings. The number of hydrogen-bond acceptors (Lipinski definition) is 2. The van der Waals surface area contributed by atoms with Gasteiger partial charge in [0.05, 0.1) is 11.4 Å². The first-order valence-electron chi connectivity index (χ1n) is 7.21. The maximum Gasteiger partial charge on any atom is 0.132 e. The highest BCUT2D eigenvalue weighted by Crippen LogP contribution is 2.25. The van der Waals surface area contributed by atoms with Crippen LogP contribution in [-0.4, -0.2) is 11.4 Å². The molecule has 0 heterocycles. The molecule has 0 amide bonds. The van der Waals surface area contributed by atoms with Gasteiger partial charge in [-0.05, 0) is 52.8 Å². The lowest BCUT2D eigenvalue weighted by molar-refractivity contribution is 0.623. The lowest BCUT2D eigenvalue weighted by Crippen LogP contribution is -2.02. The van der Waals surface area contributed by atoms with Gasteiger partial charge in [-0.3, -0.25) is 9.98 Å². The van der Waals surface area contributed by atoms with Gasteiger partial charge in [-0.15, -0.1) is 0 Å². The Hall–Kier alpha value is -2.29. The third-order valence-corrected chi connectivity index (χ3v) is 2.84. The Balaban J connectivity index is 3.64. The number of aliphatic imine (C=N–C) groups is 2. The fraction of sp³-hybridized carbons (Fsp3) is 0.263. The summed E-state index contributed by atoms with van der Waals surface area (Å²) in [7, 11) is 0. The number of halogens is 1. The smallest absolute Gasteiger partial charge is 0.132 e. The monoisotopic (exact) mass is 298 g/mol.